The van der Waals surface area contributed by atoms with E-state index >= 15 is 0 Å². The zero-order valence-electron chi connectivity index (χ0n) is 10.7. The summed E-state index contributed by atoms with van der Waals surface area (Å²) in [5, 5.41) is 0.507. The molecule has 1 aliphatic heterocycles. The summed E-state index contributed by atoms with van der Waals surface area (Å²) in [7, 11) is 0. The van der Waals surface area contributed by atoms with Crippen LogP contribution < -0.4 is 4.90 Å². The molecule has 4 heteroatoms. The zero-order chi connectivity index (χ0) is 13.1. The number of thioether (sulfide) groups is 1. The van der Waals surface area contributed by atoms with Crippen LogP contribution in [0.2, 0.25) is 0 Å². The van der Waals surface area contributed by atoms with E-state index in [-0.39, 0.29) is 11.8 Å². The average Bonchev–Trinajstić information content (AvgIpc) is 2.70. The minimum absolute atomic E-state index is 0.192. The molecule has 0 aromatic heterocycles. The van der Waals surface area contributed by atoms with E-state index in [2.05, 4.69) is 19.9 Å². The van der Waals surface area contributed by atoms with E-state index in [0.29, 0.717) is 17.6 Å². The summed E-state index contributed by atoms with van der Waals surface area (Å²) >= 11 is 7.66. The second-order valence-corrected chi connectivity index (χ2v) is 6.79. The molecule has 0 aliphatic carbocycles. The molecular weight excluding hydrogens is 266 g/mol. The lowest BCUT2D eigenvalue weighted by molar-refractivity contribution is -0.117. The fraction of sp³-hybridized carbons (Fsp3) is 0.500. The van der Waals surface area contributed by atoms with Crippen LogP contribution in [-0.2, 0) is 4.79 Å². The quantitative estimate of drug-likeness (QED) is 0.619. The molecule has 1 aromatic rings. The Morgan fingerprint density at radius 1 is 1.44 bits per heavy atom. The molecule has 2 nitrogen and oxygen atoms in total. The molecule has 0 radical (unpaired) electrons. The molecule has 0 N–H and O–H groups in total. The predicted octanol–water partition coefficient (Wildman–Crippen LogP) is 3.78. The van der Waals surface area contributed by atoms with Crippen LogP contribution in [0.4, 0.5) is 5.69 Å². The summed E-state index contributed by atoms with van der Waals surface area (Å²) in [4.78, 5) is 15.1. The van der Waals surface area contributed by atoms with Crippen molar-refractivity contribution < 1.29 is 4.79 Å². The molecule has 0 bridgehead atoms. The number of halogens is 1. The van der Waals surface area contributed by atoms with Crippen LogP contribution in [0, 0.1) is 5.92 Å². The van der Waals surface area contributed by atoms with Crippen molar-refractivity contribution in [1.82, 2.24) is 0 Å². The number of rotatable bonds is 4. The predicted molar refractivity (Wildman–Crippen MR) is 78.6 cm³/mol. The highest BCUT2D eigenvalue weighted by Crippen LogP contribution is 2.35. The van der Waals surface area contributed by atoms with Crippen LogP contribution >= 0.6 is 23.4 Å². The van der Waals surface area contributed by atoms with E-state index in [0.717, 1.165) is 12.2 Å². The van der Waals surface area contributed by atoms with Crippen molar-refractivity contribution in [1.29, 1.82) is 0 Å². The average molecular weight is 284 g/mol. The van der Waals surface area contributed by atoms with Gasteiger partial charge in [0.05, 0.1) is 5.69 Å². The van der Waals surface area contributed by atoms with Gasteiger partial charge in [0.25, 0.3) is 0 Å². The topological polar surface area (TPSA) is 20.3 Å². The van der Waals surface area contributed by atoms with Crippen LogP contribution in [0.25, 0.3) is 0 Å². The normalized spacial score (nSPS) is 19.9. The minimum atomic E-state index is 0.192. The fourth-order valence-corrected chi connectivity index (χ4v) is 3.32. The number of amides is 1. The molecule has 1 saturated heterocycles. The molecule has 1 aromatic carbocycles. The lowest BCUT2D eigenvalue weighted by Crippen LogP contribution is -2.25. The minimum Gasteiger partial charge on any atom is -0.311 e. The van der Waals surface area contributed by atoms with Gasteiger partial charge in [0, 0.05) is 29.0 Å². The number of carbonyl (C=O) groups is 1. The Bertz CT molecular complexity index is 436. The molecule has 1 atom stereocenters. The summed E-state index contributed by atoms with van der Waals surface area (Å²) < 4.78 is 0. The van der Waals surface area contributed by atoms with Crippen molar-refractivity contribution >= 4 is 35.0 Å². The third kappa shape index (κ3) is 3.01. The SMILES string of the molecule is CC(C)Sc1ccccc1N1CC(CCl)CC1=O. The Morgan fingerprint density at radius 2 is 2.17 bits per heavy atom. The van der Waals surface area contributed by atoms with E-state index in [1.807, 2.05) is 23.1 Å². The Balaban J connectivity index is 2.25. The van der Waals surface area contributed by atoms with Gasteiger partial charge in [-0.1, -0.05) is 26.0 Å². The van der Waals surface area contributed by atoms with E-state index in [1.165, 1.54) is 4.90 Å². The smallest absolute Gasteiger partial charge is 0.227 e. The van der Waals surface area contributed by atoms with Crippen LogP contribution in [0.15, 0.2) is 29.2 Å². The van der Waals surface area contributed by atoms with Crippen molar-refractivity contribution in [3.05, 3.63) is 24.3 Å². The maximum absolute atomic E-state index is 12.0. The number of hydrogen-bond acceptors (Lipinski definition) is 2. The Hall–Kier alpha value is -0.670. The highest BCUT2D eigenvalue weighted by Gasteiger charge is 2.31. The van der Waals surface area contributed by atoms with Gasteiger partial charge < -0.3 is 4.90 Å². The molecule has 1 amide bonds. The monoisotopic (exact) mass is 283 g/mol. The molecular formula is C14H18ClNOS. The summed E-state index contributed by atoms with van der Waals surface area (Å²) in [5.74, 6) is 1.04. The first-order valence-electron chi connectivity index (χ1n) is 6.24. The number of anilines is 1. The molecule has 1 fully saturated rings. The first-order valence-corrected chi connectivity index (χ1v) is 7.65. The number of nitrogens with zero attached hydrogens (tertiary/aromatic N) is 1. The van der Waals surface area contributed by atoms with E-state index in [4.69, 9.17) is 11.6 Å². The summed E-state index contributed by atoms with van der Waals surface area (Å²) in [6.45, 7) is 5.07. The van der Waals surface area contributed by atoms with Gasteiger partial charge in [-0.3, -0.25) is 4.79 Å². The number of para-hydroxylation sites is 1. The van der Waals surface area contributed by atoms with Crippen molar-refractivity contribution in [3.63, 3.8) is 0 Å². The van der Waals surface area contributed by atoms with Crippen molar-refractivity contribution in [3.8, 4) is 0 Å². The molecule has 1 unspecified atom stereocenters. The van der Waals surface area contributed by atoms with Gasteiger partial charge in [0.1, 0.15) is 0 Å². The Morgan fingerprint density at radius 3 is 2.78 bits per heavy atom. The highest BCUT2D eigenvalue weighted by atomic mass is 35.5. The van der Waals surface area contributed by atoms with Crippen molar-refractivity contribution in [2.45, 2.75) is 30.4 Å². The van der Waals surface area contributed by atoms with Gasteiger partial charge in [-0.05, 0) is 18.1 Å². The fourth-order valence-electron chi connectivity index (χ4n) is 2.15. The van der Waals surface area contributed by atoms with E-state index in [1.54, 1.807) is 11.8 Å². The lowest BCUT2D eigenvalue weighted by atomic mass is 10.1. The molecule has 1 heterocycles. The zero-order valence-corrected chi connectivity index (χ0v) is 12.3. The van der Waals surface area contributed by atoms with Gasteiger partial charge in [0.15, 0.2) is 0 Å². The van der Waals surface area contributed by atoms with Crippen LogP contribution in [-0.4, -0.2) is 23.6 Å². The van der Waals surface area contributed by atoms with E-state index < -0.39 is 0 Å². The van der Waals surface area contributed by atoms with Gasteiger partial charge in [0.2, 0.25) is 5.91 Å². The first kappa shape index (κ1) is 13.8. The largest absolute Gasteiger partial charge is 0.311 e. The number of carbonyl (C=O) groups excluding carboxylic acids is 1. The van der Waals surface area contributed by atoms with Gasteiger partial charge in [-0.2, -0.15) is 0 Å². The third-order valence-corrected chi connectivity index (χ3v) is 4.45. The van der Waals surface area contributed by atoms with Crippen LogP contribution in [0.1, 0.15) is 20.3 Å². The molecule has 98 valence electrons. The number of alkyl halides is 1. The third-order valence-electron chi connectivity index (χ3n) is 2.94. The maximum Gasteiger partial charge on any atom is 0.227 e. The Labute approximate surface area is 118 Å². The van der Waals surface area contributed by atoms with Crippen molar-refractivity contribution in [2.24, 2.45) is 5.92 Å². The molecule has 0 saturated carbocycles. The summed E-state index contributed by atoms with van der Waals surface area (Å²) in [6, 6.07) is 8.12. The standard InChI is InChI=1S/C14H18ClNOS/c1-10(2)18-13-6-4-3-5-12(13)16-9-11(8-15)7-14(16)17/h3-6,10-11H,7-9H2,1-2H3. The Kier molecular flexibility index (Phi) is 4.57. The highest BCUT2D eigenvalue weighted by molar-refractivity contribution is 8.00. The van der Waals surface area contributed by atoms with Crippen LogP contribution in [0.3, 0.4) is 0 Å². The second kappa shape index (κ2) is 5.98. The van der Waals surface area contributed by atoms with E-state index in [9.17, 15) is 4.79 Å². The molecule has 18 heavy (non-hydrogen) atoms. The summed E-state index contributed by atoms with van der Waals surface area (Å²) in [6.07, 6.45) is 0.574. The van der Waals surface area contributed by atoms with Crippen LogP contribution in [0.5, 0.6) is 0 Å². The molecule has 0 spiro atoms. The molecule has 2 rings (SSSR count). The second-order valence-electron chi connectivity index (χ2n) is 4.86. The van der Waals surface area contributed by atoms with Gasteiger partial charge in [-0.25, -0.2) is 0 Å². The maximum atomic E-state index is 12.0. The first-order chi connectivity index (χ1) is 8.61. The number of hydrogen-bond donors (Lipinski definition) is 0. The molecule has 1 aliphatic rings. The van der Waals surface area contributed by atoms with Gasteiger partial charge in [-0.15, -0.1) is 23.4 Å². The summed E-state index contributed by atoms with van der Waals surface area (Å²) in [5.41, 5.74) is 1.04. The number of benzene rings is 1. The lowest BCUT2D eigenvalue weighted by Gasteiger charge is -2.20. The van der Waals surface area contributed by atoms with Gasteiger partial charge >= 0.3 is 0 Å². The van der Waals surface area contributed by atoms with Crippen molar-refractivity contribution in [2.75, 3.05) is 17.3 Å².